The molecule has 1 heterocycles. The molecule has 1 aliphatic heterocycles. The molecule has 4 nitrogen and oxygen atoms in total. The van der Waals surface area contributed by atoms with E-state index in [0.717, 1.165) is 12.0 Å². The summed E-state index contributed by atoms with van der Waals surface area (Å²) in [5.74, 6) is 0.286. The maximum atomic E-state index is 12.2. The van der Waals surface area contributed by atoms with Crippen molar-refractivity contribution in [3.05, 3.63) is 35.9 Å². The van der Waals surface area contributed by atoms with Crippen LogP contribution in [-0.4, -0.2) is 29.4 Å². The molecule has 1 saturated heterocycles. The lowest BCUT2D eigenvalue weighted by Gasteiger charge is -2.34. The summed E-state index contributed by atoms with van der Waals surface area (Å²) in [6.45, 7) is 6.06. The van der Waals surface area contributed by atoms with Gasteiger partial charge in [-0.25, -0.2) is 4.79 Å². The smallest absolute Gasteiger partial charge is 0.410 e. The standard InChI is InChI=1S/C17H23NO3/c1-4-15(12(2)10-13(3)19)18-16(11-21-17(18)20)14-8-6-5-7-9-14/h5-9,12,15-16H,4,10-11H2,1-3H3/t12-,15-,16+/m0/s1. The molecule has 1 aromatic carbocycles. The SMILES string of the molecule is CC[C@@H]([C@@H](C)CC(C)=O)N1C(=O)OC[C@@H]1c1ccccc1. The molecule has 0 spiro atoms. The molecule has 0 aromatic heterocycles. The van der Waals surface area contributed by atoms with E-state index in [4.69, 9.17) is 4.74 Å². The summed E-state index contributed by atoms with van der Waals surface area (Å²) in [5.41, 5.74) is 1.08. The third-order valence-electron chi connectivity index (χ3n) is 4.14. The molecule has 2 rings (SSSR count). The summed E-state index contributed by atoms with van der Waals surface area (Å²) >= 11 is 0. The molecule has 1 aromatic rings. The fourth-order valence-electron chi connectivity index (χ4n) is 3.19. The minimum atomic E-state index is -0.272. The lowest BCUT2D eigenvalue weighted by Crippen LogP contribution is -2.42. The van der Waals surface area contributed by atoms with E-state index in [0.29, 0.717) is 13.0 Å². The molecule has 0 unspecified atom stereocenters. The number of hydrogen-bond acceptors (Lipinski definition) is 3. The number of amides is 1. The zero-order chi connectivity index (χ0) is 15.4. The van der Waals surface area contributed by atoms with Crippen molar-refractivity contribution in [3.63, 3.8) is 0 Å². The van der Waals surface area contributed by atoms with Gasteiger partial charge < -0.3 is 9.53 Å². The monoisotopic (exact) mass is 289 g/mol. The largest absolute Gasteiger partial charge is 0.447 e. The molecule has 0 N–H and O–H groups in total. The predicted octanol–water partition coefficient (Wildman–Crippen LogP) is 3.57. The molecule has 21 heavy (non-hydrogen) atoms. The number of ether oxygens (including phenoxy) is 1. The van der Waals surface area contributed by atoms with Gasteiger partial charge in [-0.15, -0.1) is 0 Å². The van der Waals surface area contributed by atoms with Gasteiger partial charge in [0, 0.05) is 12.5 Å². The van der Waals surface area contributed by atoms with E-state index in [2.05, 4.69) is 6.92 Å². The zero-order valence-electron chi connectivity index (χ0n) is 12.9. The zero-order valence-corrected chi connectivity index (χ0v) is 12.9. The average molecular weight is 289 g/mol. The minimum Gasteiger partial charge on any atom is -0.447 e. The number of carbonyl (C=O) groups excluding carboxylic acids is 2. The molecular weight excluding hydrogens is 266 g/mol. The van der Waals surface area contributed by atoms with Crippen LogP contribution in [0, 0.1) is 5.92 Å². The number of rotatable bonds is 6. The Hall–Kier alpha value is -1.84. The highest BCUT2D eigenvalue weighted by atomic mass is 16.6. The number of hydrogen-bond donors (Lipinski definition) is 0. The van der Waals surface area contributed by atoms with Crippen LogP contribution in [0.2, 0.25) is 0 Å². The Morgan fingerprint density at radius 2 is 2.05 bits per heavy atom. The number of benzene rings is 1. The number of Topliss-reactive ketones (excluding diaryl/α,β-unsaturated/α-hetero) is 1. The van der Waals surface area contributed by atoms with Crippen LogP contribution in [-0.2, 0) is 9.53 Å². The van der Waals surface area contributed by atoms with Crippen molar-refractivity contribution in [1.29, 1.82) is 0 Å². The van der Waals surface area contributed by atoms with Gasteiger partial charge in [0.1, 0.15) is 12.4 Å². The topological polar surface area (TPSA) is 46.6 Å². The van der Waals surface area contributed by atoms with E-state index in [-0.39, 0.29) is 29.9 Å². The molecule has 0 bridgehead atoms. The van der Waals surface area contributed by atoms with Crippen LogP contribution in [0.4, 0.5) is 4.79 Å². The van der Waals surface area contributed by atoms with E-state index in [1.165, 1.54) is 0 Å². The normalized spacial score (nSPS) is 21.0. The van der Waals surface area contributed by atoms with Crippen molar-refractivity contribution in [1.82, 2.24) is 4.90 Å². The lowest BCUT2D eigenvalue weighted by molar-refractivity contribution is -0.118. The van der Waals surface area contributed by atoms with Crippen molar-refractivity contribution >= 4 is 11.9 Å². The fraction of sp³-hybridized carbons (Fsp3) is 0.529. The minimum absolute atomic E-state index is 0.0223. The predicted molar refractivity (Wildman–Crippen MR) is 80.9 cm³/mol. The number of cyclic esters (lactones) is 1. The first-order valence-corrected chi connectivity index (χ1v) is 7.54. The maximum Gasteiger partial charge on any atom is 0.410 e. The highest BCUT2D eigenvalue weighted by Gasteiger charge is 2.40. The quantitative estimate of drug-likeness (QED) is 0.804. The van der Waals surface area contributed by atoms with E-state index >= 15 is 0 Å². The van der Waals surface area contributed by atoms with Gasteiger partial charge in [0.15, 0.2) is 0 Å². The van der Waals surface area contributed by atoms with Gasteiger partial charge in [0.25, 0.3) is 0 Å². The van der Waals surface area contributed by atoms with E-state index < -0.39 is 0 Å². The summed E-state index contributed by atoms with van der Waals surface area (Å²) in [5, 5.41) is 0. The van der Waals surface area contributed by atoms with Gasteiger partial charge in [0.05, 0.1) is 6.04 Å². The molecule has 114 valence electrons. The summed E-state index contributed by atoms with van der Waals surface area (Å²) < 4.78 is 5.27. The summed E-state index contributed by atoms with van der Waals surface area (Å²) in [6.07, 6.45) is 1.03. The van der Waals surface area contributed by atoms with Gasteiger partial charge in [-0.1, -0.05) is 44.2 Å². The molecule has 0 radical (unpaired) electrons. The third-order valence-corrected chi connectivity index (χ3v) is 4.14. The van der Waals surface area contributed by atoms with Crippen molar-refractivity contribution in [3.8, 4) is 0 Å². The van der Waals surface area contributed by atoms with Gasteiger partial charge >= 0.3 is 6.09 Å². The Kier molecular flexibility index (Phi) is 4.99. The second kappa shape index (κ2) is 6.74. The van der Waals surface area contributed by atoms with Crippen LogP contribution in [0.5, 0.6) is 0 Å². The Morgan fingerprint density at radius 3 is 2.62 bits per heavy atom. The van der Waals surface area contributed by atoms with E-state index in [1.54, 1.807) is 6.92 Å². The highest BCUT2D eigenvalue weighted by Crippen LogP contribution is 2.33. The number of carbonyl (C=O) groups is 2. The lowest BCUT2D eigenvalue weighted by atomic mass is 9.91. The Balaban J connectivity index is 2.24. The second-order valence-electron chi connectivity index (χ2n) is 5.77. The Bertz CT molecular complexity index is 500. The molecule has 0 saturated carbocycles. The third kappa shape index (κ3) is 3.43. The van der Waals surface area contributed by atoms with Crippen LogP contribution in [0.3, 0.4) is 0 Å². The van der Waals surface area contributed by atoms with Crippen LogP contribution in [0.15, 0.2) is 30.3 Å². The molecule has 1 fully saturated rings. The van der Waals surface area contributed by atoms with E-state index in [9.17, 15) is 9.59 Å². The number of ketones is 1. The molecule has 1 aliphatic rings. The first-order valence-electron chi connectivity index (χ1n) is 7.54. The molecule has 4 heteroatoms. The molecule has 1 amide bonds. The first kappa shape index (κ1) is 15.5. The summed E-state index contributed by atoms with van der Waals surface area (Å²) in [4.78, 5) is 25.4. The maximum absolute atomic E-state index is 12.2. The summed E-state index contributed by atoms with van der Waals surface area (Å²) in [7, 11) is 0. The van der Waals surface area contributed by atoms with Crippen molar-refractivity contribution < 1.29 is 14.3 Å². The molecular formula is C17H23NO3. The van der Waals surface area contributed by atoms with Gasteiger partial charge in [-0.2, -0.15) is 0 Å². The number of nitrogens with zero attached hydrogens (tertiary/aromatic N) is 1. The van der Waals surface area contributed by atoms with Crippen LogP contribution in [0.1, 0.15) is 45.2 Å². The van der Waals surface area contributed by atoms with Gasteiger partial charge in [0.2, 0.25) is 0 Å². The second-order valence-corrected chi connectivity index (χ2v) is 5.77. The Labute approximate surface area is 126 Å². The molecule has 0 aliphatic carbocycles. The average Bonchev–Trinajstić information content (AvgIpc) is 2.82. The summed E-state index contributed by atoms with van der Waals surface area (Å²) in [6, 6.07) is 9.89. The van der Waals surface area contributed by atoms with Gasteiger partial charge in [-0.3, -0.25) is 4.90 Å². The van der Waals surface area contributed by atoms with Crippen LogP contribution < -0.4 is 0 Å². The van der Waals surface area contributed by atoms with Crippen molar-refractivity contribution in [2.75, 3.05) is 6.61 Å². The van der Waals surface area contributed by atoms with Crippen molar-refractivity contribution in [2.24, 2.45) is 5.92 Å². The first-order chi connectivity index (χ1) is 10.0. The Morgan fingerprint density at radius 1 is 1.38 bits per heavy atom. The van der Waals surface area contributed by atoms with Crippen LogP contribution in [0.25, 0.3) is 0 Å². The fourth-order valence-corrected chi connectivity index (χ4v) is 3.19. The van der Waals surface area contributed by atoms with Crippen molar-refractivity contribution in [2.45, 2.75) is 45.7 Å². The van der Waals surface area contributed by atoms with E-state index in [1.807, 2.05) is 42.2 Å². The highest BCUT2D eigenvalue weighted by molar-refractivity contribution is 5.76. The van der Waals surface area contributed by atoms with Crippen LogP contribution >= 0.6 is 0 Å². The molecule has 3 atom stereocenters. The van der Waals surface area contributed by atoms with Gasteiger partial charge in [-0.05, 0) is 24.8 Å².